The number of fused-ring (bicyclic) bond motifs is 1. The highest BCUT2D eigenvalue weighted by atomic mass is 14.1. The van der Waals surface area contributed by atoms with Gasteiger partial charge in [0.2, 0.25) is 0 Å². The van der Waals surface area contributed by atoms with E-state index in [-0.39, 0.29) is 0 Å². The van der Waals surface area contributed by atoms with Crippen LogP contribution in [0.25, 0.3) is 10.8 Å². The largest absolute Gasteiger partial charge is 0.0625 e. The van der Waals surface area contributed by atoms with Crippen molar-refractivity contribution >= 4 is 10.8 Å². The molecule has 0 unspecified atom stereocenters. The summed E-state index contributed by atoms with van der Waals surface area (Å²) in [6.07, 6.45) is 1.17. The van der Waals surface area contributed by atoms with Gasteiger partial charge in [0.05, 0.1) is 0 Å². The molecule has 0 aliphatic heterocycles. The Morgan fingerprint density at radius 1 is 1.07 bits per heavy atom. The molecule has 0 saturated carbocycles. The highest BCUT2D eigenvalue weighted by Crippen LogP contribution is 2.22. The summed E-state index contributed by atoms with van der Waals surface area (Å²) in [6.45, 7) is 6.69. The van der Waals surface area contributed by atoms with Crippen molar-refractivity contribution in [3.63, 3.8) is 0 Å². The zero-order chi connectivity index (χ0) is 10.8. The van der Waals surface area contributed by atoms with Gasteiger partial charge in [0.25, 0.3) is 0 Å². The Hall–Kier alpha value is -1.30. The number of hydrogen-bond acceptors (Lipinski definition) is 0. The van der Waals surface area contributed by atoms with Crippen LogP contribution >= 0.6 is 0 Å². The molecule has 0 heteroatoms. The van der Waals surface area contributed by atoms with E-state index in [2.05, 4.69) is 57.2 Å². The van der Waals surface area contributed by atoms with E-state index in [0.717, 1.165) is 5.92 Å². The third-order valence-electron chi connectivity index (χ3n) is 2.75. The van der Waals surface area contributed by atoms with Crippen molar-refractivity contribution in [3.8, 4) is 0 Å². The van der Waals surface area contributed by atoms with E-state index in [0.29, 0.717) is 0 Å². The molecule has 2 rings (SSSR count). The van der Waals surface area contributed by atoms with Gasteiger partial charge in [-0.25, -0.2) is 0 Å². The lowest BCUT2D eigenvalue weighted by Gasteiger charge is -2.09. The molecule has 0 saturated heterocycles. The van der Waals surface area contributed by atoms with Crippen molar-refractivity contribution in [2.75, 3.05) is 0 Å². The molecule has 78 valence electrons. The van der Waals surface area contributed by atoms with Crippen LogP contribution in [0, 0.1) is 12.8 Å². The maximum Gasteiger partial charge on any atom is -0.0152 e. The van der Waals surface area contributed by atoms with Gasteiger partial charge in [0, 0.05) is 0 Å². The average Bonchev–Trinajstić information content (AvgIpc) is 2.16. The minimum atomic E-state index is 0.719. The second-order valence-corrected chi connectivity index (χ2v) is 4.74. The predicted octanol–water partition coefficient (Wildman–Crippen LogP) is 4.35. The molecule has 0 amide bonds. The standard InChI is InChI=1S/C15H18/c1-11(2)9-13-5-4-6-14-10-12(3)7-8-15(13)14/h4-8,10-11H,9H2,1-3H3. The smallest absolute Gasteiger partial charge is 0.0152 e. The van der Waals surface area contributed by atoms with Crippen LogP contribution < -0.4 is 0 Å². The van der Waals surface area contributed by atoms with Crippen molar-refractivity contribution in [3.05, 3.63) is 47.5 Å². The Balaban J connectivity index is 2.56. The van der Waals surface area contributed by atoms with Crippen LogP contribution in [0.3, 0.4) is 0 Å². The van der Waals surface area contributed by atoms with Crippen LogP contribution in [0.4, 0.5) is 0 Å². The lowest BCUT2D eigenvalue weighted by molar-refractivity contribution is 0.650. The maximum atomic E-state index is 2.27. The zero-order valence-corrected chi connectivity index (χ0v) is 9.75. The molecule has 0 heterocycles. The third-order valence-corrected chi connectivity index (χ3v) is 2.75. The Kier molecular flexibility index (Phi) is 2.77. The van der Waals surface area contributed by atoms with E-state index in [1.807, 2.05) is 0 Å². The van der Waals surface area contributed by atoms with Gasteiger partial charge in [0.1, 0.15) is 0 Å². The summed E-state index contributed by atoms with van der Waals surface area (Å²) in [7, 11) is 0. The molecule has 2 aromatic rings. The third kappa shape index (κ3) is 2.20. The lowest BCUT2D eigenvalue weighted by atomic mass is 9.96. The van der Waals surface area contributed by atoms with Crippen LogP contribution in [0.2, 0.25) is 0 Å². The summed E-state index contributed by atoms with van der Waals surface area (Å²) >= 11 is 0. The summed E-state index contributed by atoms with van der Waals surface area (Å²) in [5.74, 6) is 0.719. The highest BCUT2D eigenvalue weighted by molar-refractivity contribution is 5.86. The van der Waals surface area contributed by atoms with E-state index < -0.39 is 0 Å². The van der Waals surface area contributed by atoms with E-state index >= 15 is 0 Å². The molecular weight excluding hydrogens is 180 g/mol. The van der Waals surface area contributed by atoms with Crippen molar-refractivity contribution < 1.29 is 0 Å². The van der Waals surface area contributed by atoms with Gasteiger partial charge >= 0.3 is 0 Å². The fourth-order valence-corrected chi connectivity index (χ4v) is 2.09. The molecular formula is C15H18. The Morgan fingerprint density at radius 2 is 1.87 bits per heavy atom. The number of rotatable bonds is 2. The molecule has 0 aromatic heterocycles. The van der Waals surface area contributed by atoms with Gasteiger partial charge in [-0.05, 0) is 35.6 Å². The lowest BCUT2D eigenvalue weighted by Crippen LogP contribution is -1.94. The highest BCUT2D eigenvalue weighted by Gasteiger charge is 2.02. The van der Waals surface area contributed by atoms with Crippen LogP contribution in [-0.4, -0.2) is 0 Å². The minimum Gasteiger partial charge on any atom is -0.0625 e. The maximum absolute atomic E-state index is 2.27. The molecule has 2 aromatic carbocycles. The molecule has 15 heavy (non-hydrogen) atoms. The molecule has 0 aliphatic rings. The van der Waals surface area contributed by atoms with Gasteiger partial charge in [0.15, 0.2) is 0 Å². The molecule has 0 nitrogen and oxygen atoms in total. The average molecular weight is 198 g/mol. The normalized spacial score (nSPS) is 11.2. The molecule has 0 radical (unpaired) electrons. The molecule has 0 spiro atoms. The first-order chi connectivity index (χ1) is 7.16. The van der Waals surface area contributed by atoms with Crippen molar-refractivity contribution in [2.24, 2.45) is 5.92 Å². The summed E-state index contributed by atoms with van der Waals surface area (Å²) < 4.78 is 0. The molecule has 0 bridgehead atoms. The van der Waals surface area contributed by atoms with Gasteiger partial charge < -0.3 is 0 Å². The Morgan fingerprint density at radius 3 is 2.60 bits per heavy atom. The summed E-state index contributed by atoms with van der Waals surface area (Å²) in [6, 6.07) is 13.3. The molecule has 0 aliphatic carbocycles. The van der Waals surface area contributed by atoms with Crippen molar-refractivity contribution in [1.29, 1.82) is 0 Å². The second-order valence-electron chi connectivity index (χ2n) is 4.74. The first-order valence-corrected chi connectivity index (χ1v) is 5.65. The molecule has 0 atom stereocenters. The Labute approximate surface area is 91.9 Å². The van der Waals surface area contributed by atoms with Crippen molar-refractivity contribution in [2.45, 2.75) is 27.2 Å². The number of hydrogen-bond donors (Lipinski definition) is 0. The number of benzene rings is 2. The first-order valence-electron chi connectivity index (χ1n) is 5.65. The Bertz CT molecular complexity index is 466. The van der Waals surface area contributed by atoms with Crippen molar-refractivity contribution in [1.82, 2.24) is 0 Å². The van der Waals surface area contributed by atoms with Crippen LogP contribution in [0.1, 0.15) is 25.0 Å². The fourth-order valence-electron chi connectivity index (χ4n) is 2.09. The summed E-state index contributed by atoms with van der Waals surface area (Å²) in [5.41, 5.74) is 2.81. The minimum absolute atomic E-state index is 0.719. The molecule has 0 fully saturated rings. The van der Waals surface area contributed by atoms with Crippen LogP contribution in [0.15, 0.2) is 36.4 Å². The topological polar surface area (TPSA) is 0 Å². The van der Waals surface area contributed by atoms with Gasteiger partial charge in [-0.3, -0.25) is 0 Å². The summed E-state index contributed by atoms with van der Waals surface area (Å²) in [5, 5.41) is 2.78. The van der Waals surface area contributed by atoms with E-state index in [1.54, 1.807) is 0 Å². The van der Waals surface area contributed by atoms with Gasteiger partial charge in [-0.1, -0.05) is 55.8 Å². The van der Waals surface area contributed by atoms with Crippen LogP contribution in [-0.2, 0) is 6.42 Å². The quantitative estimate of drug-likeness (QED) is 0.673. The molecule has 0 N–H and O–H groups in total. The van der Waals surface area contributed by atoms with Crippen LogP contribution in [0.5, 0.6) is 0 Å². The van der Waals surface area contributed by atoms with E-state index in [9.17, 15) is 0 Å². The second kappa shape index (κ2) is 4.06. The van der Waals surface area contributed by atoms with Gasteiger partial charge in [-0.2, -0.15) is 0 Å². The number of aryl methyl sites for hydroxylation is 1. The SMILES string of the molecule is Cc1ccc2c(CC(C)C)cccc2c1. The van der Waals surface area contributed by atoms with E-state index in [4.69, 9.17) is 0 Å². The first kappa shape index (κ1) is 10.2. The van der Waals surface area contributed by atoms with E-state index in [1.165, 1.54) is 28.3 Å². The monoisotopic (exact) mass is 198 g/mol. The zero-order valence-electron chi connectivity index (χ0n) is 9.75. The summed E-state index contributed by atoms with van der Waals surface area (Å²) in [4.78, 5) is 0. The predicted molar refractivity (Wildman–Crippen MR) is 67.2 cm³/mol. The van der Waals surface area contributed by atoms with Gasteiger partial charge in [-0.15, -0.1) is 0 Å². The fraction of sp³-hybridized carbons (Fsp3) is 0.333.